The van der Waals surface area contributed by atoms with E-state index in [1.165, 1.54) is 91.8 Å². The molecule has 0 nitrogen and oxygen atoms in total. The molecule has 4 aromatic carbocycles. The molecule has 206 valence electrons. The third-order valence-corrected chi connectivity index (χ3v) is 9.61. The topological polar surface area (TPSA) is 0 Å². The molecule has 0 bridgehead atoms. The maximum atomic E-state index is 3.37. The molecule has 0 spiro atoms. The van der Waals surface area contributed by atoms with Crippen LogP contribution in [0.25, 0.3) is 32.7 Å². The van der Waals surface area contributed by atoms with E-state index in [1.807, 2.05) is 12.2 Å². The fourth-order valence-electron chi connectivity index (χ4n) is 6.34. The average Bonchev–Trinajstić information content (AvgIpc) is 3.79. The van der Waals surface area contributed by atoms with Gasteiger partial charge in [-0.2, -0.15) is 24.3 Å². The molecule has 3 heteroatoms. The summed E-state index contributed by atoms with van der Waals surface area (Å²) in [6.07, 6.45) is 27.6. The first kappa shape index (κ1) is 30.6. The Bertz CT molecular complexity index is 1730. The van der Waals surface area contributed by atoms with Gasteiger partial charge in [0, 0.05) is 0 Å². The van der Waals surface area contributed by atoms with Gasteiger partial charge >= 0.3 is 53.1 Å². The van der Waals surface area contributed by atoms with Crippen molar-refractivity contribution in [2.45, 2.75) is 38.5 Å². The molecule has 4 aromatic rings. The van der Waals surface area contributed by atoms with Crippen molar-refractivity contribution in [3.8, 4) is 0 Å². The standard InChI is InChI=1S/2C17H11.C5H8.2ClH.Zr/c2*1-2-6-15-12(4-1)8-10-14-11-9-13-5-3-7-16(13)17(14)15;1-2-4-5-3-1;;;/h2*1-6,8-10H,11H2;1-4H2;2*1H;/q2*-1;;;;+2/p-2. The van der Waals surface area contributed by atoms with E-state index in [4.69, 9.17) is 0 Å². The van der Waals surface area contributed by atoms with E-state index in [9.17, 15) is 0 Å². The molecular formula is C39H30Cl2Zr-2. The number of halogens is 2. The van der Waals surface area contributed by atoms with Gasteiger partial charge < -0.3 is 24.8 Å². The van der Waals surface area contributed by atoms with Crippen LogP contribution < -0.4 is 24.8 Å². The van der Waals surface area contributed by atoms with Gasteiger partial charge in [-0.05, 0) is 23.6 Å². The molecular weight excluding hydrogens is 631 g/mol. The molecule has 0 radical (unpaired) electrons. The second-order valence-corrected chi connectivity index (χ2v) is 12.6. The fourth-order valence-corrected chi connectivity index (χ4v) is 7.21. The minimum absolute atomic E-state index is 0. The number of allylic oxidation sites excluding steroid dienone is 12. The molecule has 0 N–H and O–H groups in total. The molecule has 42 heavy (non-hydrogen) atoms. The van der Waals surface area contributed by atoms with Crippen LogP contribution >= 0.6 is 0 Å². The summed E-state index contributed by atoms with van der Waals surface area (Å²) >= 11 is 1.68. The van der Waals surface area contributed by atoms with Crippen molar-refractivity contribution in [1.82, 2.24) is 0 Å². The van der Waals surface area contributed by atoms with Gasteiger partial charge in [-0.15, -0.1) is 46.6 Å². The Hall–Kier alpha value is -2.83. The Morgan fingerprint density at radius 3 is 1.43 bits per heavy atom. The van der Waals surface area contributed by atoms with E-state index in [0.29, 0.717) is 0 Å². The predicted octanol–water partition coefficient (Wildman–Crippen LogP) is 3.44. The van der Waals surface area contributed by atoms with Crippen LogP contribution in [0.2, 0.25) is 0 Å². The molecule has 0 aromatic heterocycles. The summed E-state index contributed by atoms with van der Waals surface area (Å²) in [6, 6.07) is 26.1. The van der Waals surface area contributed by atoms with Crippen molar-refractivity contribution in [2.75, 3.05) is 0 Å². The first-order valence-corrected chi connectivity index (χ1v) is 15.6. The Kier molecular flexibility index (Phi) is 9.95. The first-order chi connectivity index (χ1) is 19.8. The molecule has 0 amide bonds. The Morgan fingerprint density at radius 1 is 0.548 bits per heavy atom. The third-order valence-electron chi connectivity index (χ3n) is 8.38. The molecule has 5 aliphatic carbocycles. The van der Waals surface area contributed by atoms with Gasteiger partial charge in [-0.1, -0.05) is 106 Å². The van der Waals surface area contributed by atoms with Crippen molar-refractivity contribution in [3.63, 3.8) is 0 Å². The molecule has 0 unspecified atom stereocenters. The number of rotatable bonds is 0. The Labute approximate surface area is 276 Å². The van der Waals surface area contributed by atoms with Crippen molar-refractivity contribution < 1.29 is 49.0 Å². The Balaban J connectivity index is 0.000000135. The Morgan fingerprint density at radius 2 is 1.00 bits per heavy atom. The summed E-state index contributed by atoms with van der Waals surface area (Å²) in [6.45, 7) is 0. The van der Waals surface area contributed by atoms with Gasteiger partial charge in [0.2, 0.25) is 0 Å². The summed E-state index contributed by atoms with van der Waals surface area (Å²) in [4.78, 5) is 0. The SMILES string of the molecule is [C-]1=C2C(=CCc3ccc4ccccc4c32)C=C1.[C-]1=C2C(=CCc3ccc4ccccc4c32)C=C1.[Cl-].[Cl-].[Zr+2]=[C]1CCCC1. The zero-order chi connectivity index (χ0) is 26.9. The number of hydrogen-bond donors (Lipinski definition) is 0. The summed E-state index contributed by atoms with van der Waals surface area (Å²) in [5.41, 5.74) is 10.8. The van der Waals surface area contributed by atoms with E-state index in [2.05, 4.69) is 109 Å². The normalized spacial score (nSPS) is 16.6. The van der Waals surface area contributed by atoms with E-state index < -0.39 is 0 Å². The van der Waals surface area contributed by atoms with Crippen molar-refractivity contribution in [2.24, 2.45) is 0 Å². The van der Waals surface area contributed by atoms with Crippen LogP contribution in [0.3, 0.4) is 0 Å². The molecule has 0 heterocycles. The van der Waals surface area contributed by atoms with Crippen LogP contribution in [0.1, 0.15) is 47.9 Å². The maximum absolute atomic E-state index is 3.37. The zero-order valence-corrected chi connectivity index (χ0v) is 27.4. The van der Waals surface area contributed by atoms with Crippen LogP contribution in [0.5, 0.6) is 0 Å². The van der Waals surface area contributed by atoms with E-state index in [-0.39, 0.29) is 24.8 Å². The van der Waals surface area contributed by atoms with Crippen LogP contribution in [-0.2, 0) is 37.1 Å². The second kappa shape index (κ2) is 13.6. The van der Waals surface area contributed by atoms with Crippen LogP contribution in [0.15, 0.2) is 120 Å². The number of hydrogen-bond acceptors (Lipinski definition) is 0. The molecule has 1 saturated carbocycles. The van der Waals surface area contributed by atoms with Gasteiger partial charge in [0.15, 0.2) is 0 Å². The van der Waals surface area contributed by atoms with Crippen molar-refractivity contribution >= 4 is 35.9 Å². The number of fused-ring (bicyclic) bond motifs is 10. The summed E-state index contributed by atoms with van der Waals surface area (Å²) in [7, 11) is 0. The fraction of sp³-hybridized carbons (Fsp3) is 0.154. The van der Waals surface area contributed by atoms with Gasteiger partial charge in [0.05, 0.1) is 0 Å². The quantitative estimate of drug-likeness (QED) is 0.254. The van der Waals surface area contributed by atoms with Crippen LogP contribution in [-0.4, -0.2) is 3.21 Å². The van der Waals surface area contributed by atoms with Gasteiger partial charge in [-0.3, -0.25) is 0 Å². The molecule has 5 aliphatic rings. The molecule has 1 fully saturated rings. The predicted molar refractivity (Wildman–Crippen MR) is 167 cm³/mol. The zero-order valence-electron chi connectivity index (χ0n) is 23.4. The van der Waals surface area contributed by atoms with E-state index in [0.717, 1.165) is 12.8 Å². The second-order valence-electron chi connectivity index (χ2n) is 10.9. The van der Waals surface area contributed by atoms with Gasteiger partial charge in [0.1, 0.15) is 0 Å². The van der Waals surface area contributed by atoms with Crippen LogP contribution in [0, 0.1) is 12.2 Å². The molecule has 0 atom stereocenters. The van der Waals surface area contributed by atoms with Crippen molar-refractivity contribution in [1.29, 1.82) is 0 Å². The number of benzene rings is 4. The average molecular weight is 661 g/mol. The van der Waals surface area contributed by atoms with E-state index in [1.54, 1.807) is 27.4 Å². The first-order valence-electron chi connectivity index (χ1n) is 14.4. The van der Waals surface area contributed by atoms with Gasteiger partial charge in [0.25, 0.3) is 0 Å². The van der Waals surface area contributed by atoms with Gasteiger partial charge in [-0.25, -0.2) is 0 Å². The minimum atomic E-state index is 0. The molecule has 9 rings (SSSR count). The van der Waals surface area contributed by atoms with Crippen molar-refractivity contribution in [3.05, 3.63) is 155 Å². The summed E-state index contributed by atoms with van der Waals surface area (Å²) in [5, 5.41) is 5.33. The van der Waals surface area contributed by atoms with E-state index >= 15 is 0 Å². The molecule has 0 aliphatic heterocycles. The third kappa shape index (κ3) is 5.98. The monoisotopic (exact) mass is 658 g/mol. The van der Waals surface area contributed by atoms with Crippen LogP contribution in [0.4, 0.5) is 0 Å². The molecule has 0 saturated heterocycles. The summed E-state index contributed by atoms with van der Waals surface area (Å²) < 4.78 is 1.79. The summed E-state index contributed by atoms with van der Waals surface area (Å²) in [5.74, 6) is 0.